The third kappa shape index (κ3) is 3.02. The van der Waals surface area contributed by atoms with Crippen LogP contribution in [-0.2, 0) is 10.0 Å². The van der Waals surface area contributed by atoms with Gasteiger partial charge in [0.2, 0.25) is 0 Å². The maximum Gasteiger partial charge on any atom is 0.264 e. The zero-order valence-corrected chi connectivity index (χ0v) is 11.5. The van der Waals surface area contributed by atoms with Crippen molar-refractivity contribution in [3.05, 3.63) is 53.1 Å². The summed E-state index contributed by atoms with van der Waals surface area (Å²) in [6, 6.07) is 6.74. The Hall–Kier alpha value is -1.66. The van der Waals surface area contributed by atoms with E-state index in [0.29, 0.717) is 5.56 Å². The summed E-state index contributed by atoms with van der Waals surface area (Å²) in [7, 11) is -3.84. The predicted octanol–water partition coefficient (Wildman–Crippen LogP) is 2.98. The molecule has 7 heteroatoms. The second kappa shape index (κ2) is 5.14. The number of aromatic nitrogens is 1. The number of sulfonamides is 1. The molecule has 0 aliphatic carbocycles. The van der Waals surface area contributed by atoms with Gasteiger partial charge in [0.15, 0.2) is 0 Å². The van der Waals surface area contributed by atoms with Crippen LogP contribution in [0.25, 0.3) is 0 Å². The number of hydrogen-bond donors (Lipinski definition) is 1. The first-order chi connectivity index (χ1) is 8.90. The van der Waals surface area contributed by atoms with Gasteiger partial charge in [0, 0.05) is 11.9 Å². The van der Waals surface area contributed by atoms with Crippen molar-refractivity contribution in [1.82, 2.24) is 4.98 Å². The SMILES string of the molecule is Cc1cc(NS(=O)(=O)c2cccnc2Cl)ccc1F. The largest absolute Gasteiger partial charge is 0.280 e. The Labute approximate surface area is 115 Å². The average molecular weight is 301 g/mol. The van der Waals surface area contributed by atoms with E-state index in [9.17, 15) is 12.8 Å². The highest BCUT2D eigenvalue weighted by Gasteiger charge is 2.18. The summed E-state index contributed by atoms with van der Waals surface area (Å²) in [6.45, 7) is 1.55. The molecule has 1 heterocycles. The topological polar surface area (TPSA) is 59.1 Å². The maximum absolute atomic E-state index is 13.1. The van der Waals surface area contributed by atoms with Gasteiger partial charge in [0.05, 0.1) is 0 Å². The summed E-state index contributed by atoms with van der Waals surface area (Å²) in [6.07, 6.45) is 1.39. The second-order valence-electron chi connectivity index (χ2n) is 3.86. The minimum absolute atomic E-state index is 0.117. The molecule has 1 aromatic carbocycles. The first kappa shape index (κ1) is 13.8. The van der Waals surface area contributed by atoms with Gasteiger partial charge in [-0.15, -0.1) is 0 Å². The monoisotopic (exact) mass is 300 g/mol. The summed E-state index contributed by atoms with van der Waals surface area (Å²) in [5.74, 6) is -0.401. The van der Waals surface area contributed by atoms with Crippen molar-refractivity contribution >= 4 is 27.3 Å². The van der Waals surface area contributed by atoms with Crippen molar-refractivity contribution in [1.29, 1.82) is 0 Å². The van der Waals surface area contributed by atoms with Crippen LogP contribution in [0.3, 0.4) is 0 Å². The molecule has 0 aliphatic rings. The summed E-state index contributed by atoms with van der Waals surface area (Å²) in [4.78, 5) is 3.58. The lowest BCUT2D eigenvalue weighted by Gasteiger charge is -2.09. The second-order valence-corrected chi connectivity index (χ2v) is 5.87. The van der Waals surface area contributed by atoms with E-state index < -0.39 is 15.8 Å². The van der Waals surface area contributed by atoms with Crippen molar-refractivity contribution in [3.8, 4) is 0 Å². The smallest absolute Gasteiger partial charge is 0.264 e. The number of benzene rings is 1. The summed E-state index contributed by atoms with van der Waals surface area (Å²) in [5, 5.41) is -0.117. The predicted molar refractivity (Wildman–Crippen MR) is 71.2 cm³/mol. The number of hydrogen-bond acceptors (Lipinski definition) is 3. The van der Waals surface area contributed by atoms with E-state index in [1.54, 1.807) is 6.92 Å². The van der Waals surface area contributed by atoms with E-state index in [-0.39, 0.29) is 15.7 Å². The average Bonchev–Trinajstić information content (AvgIpc) is 2.34. The van der Waals surface area contributed by atoms with Gasteiger partial charge in [-0.25, -0.2) is 17.8 Å². The van der Waals surface area contributed by atoms with Gasteiger partial charge in [-0.3, -0.25) is 4.72 Å². The molecule has 0 aliphatic heterocycles. The number of halogens is 2. The Morgan fingerprint density at radius 1 is 1.32 bits per heavy atom. The van der Waals surface area contributed by atoms with Gasteiger partial charge in [0.1, 0.15) is 15.9 Å². The fourth-order valence-electron chi connectivity index (χ4n) is 1.49. The molecular formula is C12H10ClFN2O2S. The highest BCUT2D eigenvalue weighted by Crippen LogP contribution is 2.22. The zero-order chi connectivity index (χ0) is 14.0. The molecule has 2 aromatic rings. The molecule has 2 rings (SSSR count). The molecule has 1 N–H and O–H groups in total. The van der Waals surface area contributed by atoms with E-state index >= 15 is 0 Å². The molecule has 4 nitrogen and oxygen atoms in total. The number of aryl methyl sites for hydroxylation is 1. The van der Waals surface area contributed by atoms with E-state index in [1.807, 2.05) is 0 Å². The first-order valence-electron chi connectivity index (χ1n) is 5.29. The normalized spacial score (nSPS) is 11.3. The fraction of sp³-hybridized carbons (Fsp3) is 0.0833. The molecule has 0 fully saturated rings. The van der Waals surface area contributed by atoms with E-state index in [4.69, 9.17) is 11.6 Å². The summed E-state index contributed by atoms with van der Waals surface area (Å²) in [5.41, 5.74) is 0.608. The van der Waals surface area contributed by atoms with Gasteiger partial charge in [-0.05, 0) is 42.8 Å². The van der Waals surface area contributed by atoms with Gasteiger partial charge in [-0.1, -0.05) is 11.6 Å². The molecule has 0 saturated carbocycles. The first-order valence-corrected chi connectivity index (χ1v) is 7.16. The van der Waals surface area contributed by atoms with Crippen molar-refractivity contribution in [2.24, 2.45) is 0 Å². The third-order valence-corrected chi connectivity index (χ3v) is 4.25. The molecule has 0 radical (unpaired) electrons. The van der Waals surface area contributed by atoms with Gasteiger partial charge in [-0.2, -0.15) is 0 Å². The minimum Gasteiger partial charge on any atom is -0.280 e. The lowest BCUT2D eigenvalue weighted by molar-refractivity contribution is 0.600. The summed E-state index contributed by atoms with van der Waals surface area (Å²) < 4.78 is 39.6. The van der Waals surface area contributed by atoms with Gasteiger partial charge < -0.3 is 0 Å². The highest BCUT2D eigenvalue weighted by molar-refractivity contribution is 7.92. The molecule has 19 heavy (non-hydrogen) atoms. The Balaban J connectivity index is 2.37. The van der Waals surface area contributed by atoms with Crippen LogP contribution in [0, 0.1) is 12.7 Å². The van der Waals surface area contributed by atoms with Crippen LogP contribution in [0.4, 0.5) is 10.1 Å². The van der Waals surface area contributed by atoms with Crippen molar-refractivity contribution < 1.29 is 12.8 Å². The number of pyridine rings is 1. The number of anilines is 1. The zero-order valence-electron chi connectivity index (χ0n) is 9.89. The third-order valence-electron chi connectivity index (χ3n) is 2.42. The van der Waals surface area contributed by atoms with Crippen LogP contribution in [0.5, 0.6) is 0 Å². The molecular weight excluding hydrogens is 291 g/mol. The van der Waals surface area contributed by atoms with E-state index in [2.05, 4.69) is 9.71 Å². The number of rotatable bonds is 3. The Kier molecular flexibility index (Phi) is 3.73. The molecule has 0 spiro atoms. The van der Waals surface area contributed by atoms with Crippen LogP contribution in [-0.4, -0.2) is 13.4 Å². The lowest BCUT2D eigenvalue weighted by Crippen LogP contribution is -2.14. The number of nitrogens with one attached hydrogen (secondary N) is 1. The molecule has 0 amide bonds. The summed E-state index contributed by atoms with van der Waals surface area (Å²) >= 11 is 5.74. The molecule has 100 valence electrons. The van der Waals surface area contributed by atoms with E-state index in [0.717, 1.165) is 0 Å². The van der Waals surface area contributed by atoms with E-state index in [1.165, 1.54) is 36.5 Å². The maximum atomic E-state index is 13.1. The Bertz CT molecular complexity index is 719. The molecule has 0 bridgehead atoms. The van der Waals surface area contributed by atoms with Crippen LogP contribution in [0.1, 0.15) is 5.56 Å². The van der Waals surface area contributed by atoms with Gasteiger partial charge >= 0.3 is 0 Å². The van der Waals surface area contributed by atoms with Crippen LogP contribution < -0.4 is 4.72 Å². The minimum atomic E-state index is -3.84. The Morgan fingerprint density at radius 2 is 2.05 bits per heavy atom. The van der Waals surface area contributed by atoms with Crippen LogP contribution in [0.2, 0.25) is 5.15 Å². The highest BCUT2D eigenvalue weighted by atomic mass is 35.5. The van der Waals surface area contributed by atoms with Crippen LogP contribution >= 0.6 is 11.6 Å². The molecule has 1 aromatic heterocycles. The fourth-order valence-corrected chi connectivity index (χ4v) is 2.99. The quantitative estimate of drug-likeness (QED) is 0.887. The van der Waals surface area contributed by atoms with Crippen molar-refractivity contribution in [2.45, 2.75) is 11.8 Å². The number of nitrogens with zero attached hydrogens (tertiary/aromatic N) is 1. The van der Waals surface area contributed by atoms with Crippen molar-refractivity contribution in [2.75, 3.05) is 4.72 Å². The lowest BCUT2D eigenvalue weighted by atomic mass is 10.2. The van der Waals surface area contributed by atoms with Crippen molar-refractivity contribution in [3.63, 3.8) is 0 Å². The van der Waals surface area contributed by atoms with Gasteiger partial charge in [0.25, 0.3) is 10.0 Å². The molecule has 0 unspecified atom stereocenters. The Morgan fingerprint density at radius 3 is 2.68 bits per heavy atom. The molecule has 0 atom stereocenters. The standard InChI is InChI=1S/C12H10ClFN2O2S/c1-8-7-9(4-5-10(8)14)16-19(17,18)11-3-2-6-15-12(11)13/h2-7,16H,1H3. The molecule has 0 saturated heterocycles. The van der Waals surface area contributed by atoms with Crippen LogP contribution in [0.15, 0.2) is 41.4 Å².